The summed E-state index contributed by atoms with van der Waals surface area (Å²) in [6, 6.07) is 0.238. The van der Waals surface area contributed by atoms with Crippen LogP contribution in [0, 0.1) is 17.8 Å². The van der Waals surface area contributed by atoms with E-state index in [1.807, 2.05) is 4.90 Å². The van der Waals surface area contributed by atoms with Gasteiger partial charge in [0, 0.05) is 31.1 Å². The Bertz CT molecular complexity index is 504. The van der Waals surface area contributed by atoms with Gasteiger partial charge < -0.3 is 15.5 Å². The highest BCUT2D eigenvalue weighted by molar-refractivity contribution is 5.77. The molecule has 5 rings (SSSR count). The van der Waals surface area contributed by atoms with Crippen LogP contribution >= 0.6 is 0 Å². The maximum absolute atomic E-state index is 12.6. The van der Waals surface area contributed by atoms with Crippen LogP contribution in [0.4, 0.5) is 4.79 Å². The van der Waals surface area contributed by atoms with Crippen LogP contribution < -0.4 is 10.6 Å². The fourth-order valence-corrected chi connectivity index (χ4v) is 6.49. The Labute approximate surface area is 157 Å². The molecule has 5 aliphatic rings. The summed E-state index contributed by atoms with van der Waals surface area (Å²) in [7, 11) is 0. The van der Waals surface area contributed by atoms with E-state index in [4.69, 9.17) is 0 Å². The van der Waals surface area contributed by atoms with Gasteiger partial charge in [0.05, 0.1) is 0 Å². The number of unbranched alkanes of at least 4 members (excludes halogenated alkanes) is 1. The first-order valence-corrected chi connectivity index (χ1v) is 10.9. The van der Waals surface area contributed by atoms with Gasteiger partial charge in [-0.1, -0.05) is 13.3 Å². The molecule has 3 amide bonds. The Hall–Kier alpha value is -1.26. The maximum atomic E-state index is 12.6. The summed E-state index contributed by atoms with van der Waals surface area (Å²) in [6.07, 6.45) is 12.2. The van der Waals surface area contributed by atoms with Gasteiger partial charge in [-0.15, -0.1) is 0 Å². The molecular formula is C21H35N3O2. The lowest BCUT2D eigenvalue weighted by atomic mass is 9.53. The summed E-state index contributed by atoms with van der Waals surface area (Å²) < 4.78 is 0. The number of nitrogens with zero attached hydrogens (tertiary/aromatic N) is 1. The van der Waals surface area contributed by atoms with Crippen LogP contribution in [-0.4, -0.2) is 41.5 Å². The van der Waals surface area contributed by atoms with E-state index in [0.717, 1.165) is 56.5 Å². The number of carbonyl (C=O) groups is 2. The van der Waals surface area contributed by atoms with Crippen molar-refractivity contribution in [3.8, 4) is 0 Å². The number of urea groups is 1. The smallest absolute Gasteiger partial charge is 0.315 e. The van der Waals surface area contributed by atoms with Crippen molar-refractivity contribution in [2.75, 3.05) is 13.1 Å². The molecule has 5 nitrogen and oxygen atoms in total. The molecule has 4 saturated carbocycles. The first-order valence-electron chi connectivity index (χ1n) is 10.9. The van der Waals surface area contributed by atoms with Gasteiger partial charge in [0.1, 0.15) is 0 Å². The van der Waals surface area contributed by atoms with Crippen LogP contribution in [0.15, 0.2) is 0 Å². The van der Waals surface area contributed by atoms with Gasteiger partial charge in [-0.05, 0) is 75.5 Å². The second-order valence-corrected chi connectivity index (χ2v) is 9.55. The number of hydrogen-bond acceptors (Lipinski definition) is 2. The SMILES string of the molecule is CCCCC(=O)N1CCC(NC(=O)NC23CC4CC(CC(C4)C2)C3)CC1. The fraction of sp³-hybridized carbons (Fsp3) is 0.905. The normalized spacial score (nSPS) is 36.2. The molecule has 0 unspecified atom stereocenters. The number of piperidine rings is 1. The summed E-state index contributed by atoms with van der Waals surface area (Å²) in [5, 5.41) is 6.61. The van der Waals surface area contributed by atoms with Crippen molar-refractivity contribution >= 4 is 11.9 Å². The molecule has 1 aliphatic heterocycles. The third-order valence-electron chi connectivity index (χ3n) is 7.34. The summed E-state index contributed by atoms with van der Waals surface area (Å²) >= 11 is 0. The van der Waals surface area contributed by atoms with Gasteiger partial charge in [0.25, 0.3) is 0 Å². The van der Waals surface area contributed by atoms with E-state index in [-0.39, 0.29) is 23.5 Å². The number of rotatable bonds is 5. The largest absolute Gasteiger partial charge is 0.343 e. The lowest BCUT2D eigenvalue weighted by Gasteiger charge is -2.56. The monoisotopic (exact) mass is 361 g/mol. The minimum Gasteiger partial charge on any atom is -0.343 e. The zero-order valence-electron chi connectivity index (χ0n) is 16.3. The van der Waals surface area contributed by atoms with Crippen LogP contribution in [0.25, 0.3) is 0 Å². The van der Waals surface area contributed by atoms with Gasteiger partial charge >= 0.3 is 6.03 Å². The highest BCUT2D eigenvalue weighted by Gasteiger charge is 2.51. The molecule has 0 spiro atoms. The van der Waals surface area contributed by atoms with Crippen molar-refractivity contribution in [2.45, 2.75) is 89.1 Å². The van der Waals surface area contributed by atoms with Crippen LogP contribution in [0.3, 0.4) is 0 Å². The molecule has 4 bridgehead atoms. The van der Waals surface area contributed by atoms with E-state index in [0.29, 0.717) is 6.42 Å². The van der Waals surface area contributed by atoms with E-state index in [9.17, 15) is 9.59 Å². The Morgan fingerprint density at radius 1 is 1.00 bits per heavy atom. The van der Waals surface area contributed by atoms with Crippen molar-refractivity contribution < 1.29 is 9.59 Å². The third-order valence-corrected chi connectivity index (χ3v) is 7.34. The lowest BCUT2D eigenvalue weighted by Crippen LogP contribution is -2.62. The molecule has 0 aromatic heterocycles. The molecule has 0 atom stereocenters. The first-order chi connectivity index (χ1) is 12.5. The van der Waals surface area contributed by atoms with Crippen LogP contribution in [0.1, 0.15) is 77.6 Å². The first kappa shape index (κ1) is 18.1. The number of nitrogens with one attached hydrogen (secondary N) is 2. The lowest BCUT2D eigenvalue weighted by molar-refractivity contribution is -0.132. The van der Waals surface area contributed by atoms with Crippen molar-refractivity contribution in [3.05, 3.63) is 0 Å². The molecule has 2 N–H and O–H groups in total. The zero-order valence-corrected chi connectivity index (χ0v) is 16.3. The Kier molecular flexibility index (Phi) is 5.15. The predicted octanol–water partition coefficient (Wildman–Crippen LogP) is 3.44. The van der Waals surface area contributed by atoms with Crippen molar-refractivity contribution in [1.29, 1.82) is 0 Å². The predicted molar refractivity (Wildman–Crippen MR) is 102 cm³/mol. The molecule has 5 heteroatoms. The average molecular weight is 362 g/mol. The number of likely N-dealkylation sites (tertiary alicyclic amines) is 1. The molecule has 0 aromatic rings. The van der Waals surface area contributed by atoms with Crippen LogP contribution in [-0.2, 0) is 4.79 Å². The molecule has 0 aromatic carbocycles. The van der Waals surface area contributed by atoms with E-state index >= 15 is 0 Å². The number of carbonyl (C=O) groups excluding carboxylic acids is 2. The topological polar surface area (TPSA) is 61.4 Å². The summed E-state index contributed by atoms with van der Waals surface area (Å²) in [6.45, 7) is 3.68. The molecule has 26 heavy (non-hydrogen) atoms. The van der Waals surface area contributed by atoms with E-state index in [1.54, 1.807) is 0 Å². The number of amides is 3. The van der Waals surface area contributed by atoms with Gasteiger partial charge in [-0.2, -0.15) is 0 Å². The van der Waals surface area contributed by atoms with Crippen LogP contribution in [0.5, 0.6) is 0 Å². The quantitative estimate of drug-likeness (QED) is 0.788. The number of hydrogen-bond donors (Lipinski definition) is 2. The van der Waals surface area contributed by atoms with Crippen molar-refractivity contribution in [1.82, 2.24) is 15.5 Å². The second-order valence-electron chi connectivity index (χ2n) is 9.55. The van der Waals surface area contributed by atoms with E-state index in [1.165, 1.54) is 38.5 Å². The minimum absolute atomic E-state index is 0.0303. The third kappa shape index (κ3) is 3.86. The standard InChI is InChI=1S/C21H35N3O2/c1-2-3-4-19(25)24-7-5-18(6-8-24)22-20(26)23-21-12-15-9-16(13-21)11-17(10-15)14-21/h15-18H,2-14H2,1H3,(H2,22,23,26). The molecule has 1 heterocycles. The van der Waals surface area contributed by atoms with Gasteiger partial charge in [-0.3, -0.25) is 4.79 Å². The second kappa shape index (κ2) is 7.40. The van der Waals surface area contributed by atoms with E-state index in [2.05, 4.69) is 17.6 Å². The van der Waals surface area contributed by atoms with Gasteiger partial charge in [0.2, 0.25) is 5.91 Å². The summed E-state index contributed by atoms with van der Waals surface area (Å²) in [5.41, 5.74) is 0.0790. The Morgan fingerprint density at radius 3 is 2.12 bits per heavy atom. The average Bonchev–Trinajstić information content (AvgIpc) is 2.58. The van der Waals surface area contributed by atoms with Gasteiger partial charge in [-0.25, -0.2) is 4.79 Å². The molecule has 146 valence electrons. The molecule has 4 aliphatic carbocycles. The Morgan fingerprint density at radius 2 is 1.58 bits per heavy atom. The zero-order chi connectivity index (χ0) is 18.1. The van der Waals surface area contributed by atoms with Crippen LogP contribution in [0.2, 0.25) is 0 Å². The molecule has 1 saturated heterocycles. The molecular weight excluding hydrogens is 326 g/mol. The molecule has 5 fully saturated rings. The van der Waals surface area contributed by atoms with E-state index < -0.39 is 0 Å². The highest BCUT2D eigenvalue weighted by atomic mass is 16.2. The van der Waals surface area contributed by atoms with Crippen molar-refractivity contribution in [2.24, 2.45) is 17.8 Å². The maximum Gasteiger partial charge on any atom is 0.315 e. The molecule has 0 radical (unpaired) electrons. The highest BCUT2D eigenvalue weighted by Crippen LogP contribution is 2.55. The summed E-state index contributed by atoms with van der Waals surface area (Å²) in [5.74, 6) is 2.82. The van der Waals surface area contributed by atoms with Gasteiger partial charge in [0.15, 0.2) is 0 Å². The van der Waals surface area contributed by atoms with Crippen molar-refractivity contribution in [3.63, 3.8) is 0 Å². The Balaban J connectivity index is 1.23. The minimum atomic E-state index is 0.0303. The fourth-order valence-electron chi connectivity index (χ4n) is 6.49. The summed E-state index contributed by atoms with van der Waals surface area (Å²) in [4.78, 5) is 26.8.